The van der Waals surface area contributed by atoms with E-state index in [1.54, 1.807) is 6.20 Å². The Bertz CT molecular complexity index is 445. The van der Waals surface area contributed by atoms with Crippen molar-refractivity contribution in [3.63, 3.8) is 0 Å². The minimum atomic E-state index is -0.00355. The Hall–Kier alpha value is -1.53. The molecule has 1 saturated heterocycles. The van der Waals surface area contributed by atoms with E-state index >= 15 is 0 Å². The van der Waals surface area contributed by atoms with E-state index < -0.39 is 0 Å². The summed E-state index contributed by atoms with van der Waals surface area (Å²) in [6.45, 7) is 2.34. The smallest absolute Gasteiger partial charge is 0.234 e. The summed E-state index contributed by atoms with van der Waals surface area (Å²) < 4.78 is 5.46. The van der Waals surface area contributed by atoms with Crippen molar-refractivity contribution in [2.45, 2.75) is 25.3 Å². The Morgan fingerprint density at radius 2 is 2.40 bits per heavy atom. The Balaban J connectivity index is 1.90. The fourth-order valence-electron chi connectivity index (χ4n) is 2.18. The first-order chi connectivity index (χ1) is 9.65. The van der Waals surface area contributed by atoms with E-state index in [0.717, 1.165) is 31.0 Å². The third-order valence-electron chi connectivity index (χ3n) is 3.18. The van der Waals surface area contributed by atoms with Crippen LogP contribution in [0, 0.1) is 0 Å². The number of ether oxygens (including phenoxy) is 1. The predicted octanol–water partition coefficient (Wildman–Crippen LogP) is 0.548. The summed E-state index contributed by atoms with van der Waals surface area (Å²) in [5.41, 5.74) is 0.840. The maximum Gasteiger partial charge on any atom is 0.234 e. The number of aromatic nitrogens is 2. The number of nitrogens with one attached hydrogen (secondary N) is 1. The molecule has 1 amide bonds. The van der Waals surface area contributed by atoms with Crippen LogP contribution in [0.15, 0.2) is 12.3 Å². The lowest BCUT2D eigenvalue weighted by molar-refractivity contribution is -0.121. The van der Waals surface area contributed by atoms with Crippen LogP contribution in [0.2, 0.25) is 0 Å². The predicted molar refractivity (Wildman–Crippen MR) is 75.2 cm³/mol. The van der Waals surface area contributed by atoms with Gasteiger partial charge in [0.2, 0.25) is 5.91 Å². The van der Waals surface area contributed by atoms with Crippen molar-refractivity contribution in [3.8, 4) is 0 Å². The van der Waals surface area contributed by atoms with E-state index in [0.29, 0.717) is 19.7 Å². The first-order valence-corrected chi connectivity index (χ1v) is 6.96. The van der Waals surface area contributed by atoms with E-state index in [9.17, 15) is 4.79 Å². The van der Waals surface area contributed by atoms with E-state index in [2.05, 4.69) is 15.3 Å². The third kappa shape index (κ3) is 4.54. The van der Waals surface area contributed by atoms with Crippen LogP contribution in [0.4, 0.5) is 0 Å². The average Bonchev–Trinajstić information content (AvgIpc) is 2.46. The lowest BCUT2D eigenvalue weighted by Crippen LogP contribution is -2.33. The van der Waals surface area contributed by atoms with Crippen LogP contribution in [0.5, 0.6) is 0 Å². The van der Waals surface area contributed by atoms with Gasteiger partial charge in [0.25, 0.3) is 0 Å². The number of carbonyl (C=O) groups excluding carboxylic acids is 1. The first-order valence-electron chi connectivity index (χ1n) is 6.96. The van der Waals surface area contributed by atoms with Crippen molar-refractivity contribution in [3.05, 3.63) is 23.8 Å². The molecule has 1 aromatic heterocycles. The first kappa shape index (κ1) is 14.9. The zero-order chi connectivity index (χ0) is 14.4. The quantitative estimate of drug-likeness (QED) is 0.852. The van der Waals surface area contributed by atoms with Crippen molar-refractivity contribution >= 4 is 5.91 Å². The number of rotatable bonds is 5. The SMILES string of the molecule is CN(C)CC(=O)NCc1ccnc([C@H]2CCCOC2)n1. The van der Waals surface area contributed by atoms with Gasteiger partial charge in [-0.1, -0.05) is 0 Å². The molecule has 0 bridgehead atoms. The van der Waals surface area contributed by atoms with Crippen molar-refractivity contribution in [1.29, 1.82) is 0 Å². The van der Waals surface area contributed by atoms with E-state index in [-0.39, 0.29) is 11.8 Å². The summed E-state index contributed by atoms with van der Waals surface area (Å²) in [5.74, 6) is 1.10. The molecule has 6 nitrogen and oxygen atoms in total. The Morgan fingerprint density at radius 1 is 1.55 bits per heavy atom. The molecule has 0 spiro atoms. The molecular weight excluding hydrogens is 256 g/mol. The highest BCUT2D eigenvalue weighted by Crippen LogP contribution is 2.22. The molecule has 1 aliphatic heterocycles. The van der Waals surface area contributed by atoms with Gasteiger partial charge in [-0.2, -0.15) is 0 Å². The highest BCUT2D eigenvalue weighted by molar-refractivity contribution is 5.77. The topological polar surface area (TPSA) is 67.4 Å². The second-order valence-corrected chi connectivity index (χ2v) is 5.33. The monoisotopic (exact) mass is 278 g/mol. The van der Waals surface area contributed by atoms with Gasteiger partial charge in [-0.05, 0) is 33.0 Å². The fourth-order valence-corrected chi connectivity index (χ4v) is 2.18. The molecule has 0 radical (unpaired) electrons. The Morgan fingerprint density at radius 3 is 3.10 bits per heavy atom. The maximum absolute atomic E-state index is 11.6. The number of nitrogens with zero attached hydrogens (tertiary/aromatic N) is 3. The minimum Gasteiger partial charge on any atom is -0.381 e. The summed E-state index contributed by atoms with van der Waals surface area (Å²) in [6, 6.07) is 1.84. The van der Waals surface area contributed by atoms with Crippen molar-refractivity contribution < 1.29 is 9.53 Å². The zero-order valence-electron chi connectivity index (χ0n) is 12.1. The van der Waals surface area contributed by atoms with Gasteiger partial charge >= 0.3 is 0 Å². The van der Waals surface area contributed by atoms with Gasteiger partial charge in [-0.25, -0.2) is 9.97 Å². The van der Waals surface area contributed by atoms with Crippen LogP contribution in [0.3, 0.4) is 0 Å². The van der Waals surface area contributed by atoms with Crippen LogP contribution in [-0.4, -0.2) is 54.6 Å². The van der Waals surface area contributed by atoms with Crippen LogP contribution >= 0.6 is 0 Å². The summed E-state index contributed by atoms with van der Waals surface area (Å²) in [6.07, 6.45) is 3.87. The van der Waals surface area contributed by atoms with Gasteiger partial charge < -0.3 is 15.0 Å². The summed E-state index contributed by atoms with van der Waals surface area (Å²) in [5, 5.41) is 2.86. The maximum atomic E-state index is 11.6. The largest absolute Gasteiger partial charge is 0.381 e. The minimum absolute atomic E-state index is 0.00355. The van der Waals surface area contributed by atoms with Gasteiger partial charge in [0.1, 0.15) is 5.82 Å². The molecule has 6 heteroatoms. The highest BCUT2D eigenvalue weighted by atomic mass is 16.5. The molecule has 0 saturated carbocycles. The molecule has 2 heterocycles. The Labute approximate surface area is 119 Å². The second-order valence-electron chi connectivity index (χ2n) is 5.33. The average molecular weight is 278 g/mol. The molecule has 0 unspecified atom stereocenters. The van der Waals surface area contributed by atoms with Crippen LogP contribution in [0.1, 0.15) is 30.3 Å². The van der Waals surface area contributed by atoms with E-state index in [1.165, 1.54) is 0 Å². The van der Waals surface area contributed by atoms with Crippen molar-refractivity contribution in [2.24, 2.45) is 0 Å². The molecule has 2 rings (SSSR count). The van der Waals surface area contributed by atoms with Crippen molar-refractivity contribution in [2.75, 3.05) is 33.9 Å². The third-order valence-corrected chi connectivity index (χ3v) is 3.18. The molecular formula is C14H22N4O2. The molecule has 1 fully saturated rings. The standard InChI is InChI=1S/C14H22N4O2/c1-18(2)9-13(19)16-8-12-5-6-15-14(17-12)11-4-3-7-20-10-11/h5-6,11H,3-4,7-10H2,1-2H3,(H,16,19)/t11-/m0/s1. The molecule has 0 aliphatic carbocycles. The fraction of sp³-hybridized carbons (Fsp3) is 0.643. The molecule has 1 atom stereocenters. The highest BCUT2D eigenvalue weighted by Gasteiger charge is 2.18. The van der Waals surface area contributed by atoms with Gasteiger partial charge in [-0.3, -0.25) is 4.79 Å². The lowest BCUT2D eigenvalue weighted by Gasteiger charge is -2.21. The van der Waals surface area contributed by atoms with Crippen LogP contribution in [0.25, 0.3) is 0 Å². The molecule has 110 valence electrons. The summed E-state index contributed by atoms with van der Waals surface area (Å²) in [7, 11) is 3.73. The molecule has 1 aromatic rings. The van der Waals surface area contributed by atoms with Crippen molar-refractivity contribution in [1.82, 2.24) is 20.2 Å². The molecule has 1 N–H and O–H groups in total. The van der Waals surface area contributed by atoms with Gasteiger partial charge in [0.05, 0.1) is 25.4 Å². The van der Waals surface area contributed by atoms with E-state index in [1.807, 2.05) is 25.1 Å². The van der Waals surface area contributed by atoms with Gasteiger partial charge in [0.15, 0.2) is 0 Å². The second kappa shape index (κ2) is 7.31. The number of hydrogen-bond donors (Lipinski definition) is 1. The van der Waals surface area contributed by atoms with E-state index in [4.69, 9.17) is 4.74 Å². The number of likely N-dealkylation sites (N-methyl/N-ethyl adjacent to an activating group) is 1. The molecule has 0 aromatic carbocycles. The van der Waals surface area contributed by atoms with Crippen LogP contribution < -0.4 is 5.32 Å². The number of amides is 1. The molecule has 1 aliphatic rings. The summed E-state index contributed by atoms with van der Waals surface area (Å²) in [4.78, 5) is 22.3. The Kier molecular flexibility index (Phi) is 5.43. The van der Waals surface area contributed by atoms with Gasteiger partial charge in [0, 0.05) is 18.7 Å². The van der Waals surface area contributed by atoms with Gasteiger partial charge in [-0.15, -0.1) is 0 Å². The number of carbonyl (C=O) groups is 1. The number of hydrogen-bond acceptors (Lipinski definition) is 5. The normalized spacial score (nSPS) is 19.1. The summed E-state index contributed by atoms with van der Waals surface area (Å²) >= 11 is 0. The van der Waals surface area contributed by atoms with Crippen LogP contribution in [-0.2, 0) is 16.1 Å². The zero-order valence-corrected chi connectivity index (χ0v) is 12.1. The lowest BCUT2D eigenvalue weighted by atomic mass is 10.0. The molecule has 20 heavy (non-hydrogen) atoms.